The van der Waals surface area contributed by atoms with Crippen molar-refractivity contribution in [1.82, 2.24) is 24.9 Å². The number of hydrogen-bond donors (Lipinski definition) is 1. The maximum atomic E-state index is 13.0. The molecule has 3 aromatic rings. The van der Waals surface area contributed by atoms with Crippen LogP contribution in [0.5, 0.6) is 0 Å². The fourth-order valence-electron chi connectivity index (χ4n) is 4.25. The Bertz CT molecular complexity index is 1030. The highest BCUT2D eigenvalue weighted by atomic mass is 16.2. The Labute approximate surface area is 195 Å². The highest BCUT2D eigenvalue weighted by Gasteiger charge is 2.32. The van der Waals surface area contributed by atoms with Crippen molar-refractivity contribution in [3.8, 4) is 11.1 Å². The largest absolute Gasteiger partial charge is 0.353 e. The minimum atomic E-state index is -0.459. The van der Waals surface area contributed by atoms with Gasteiger partial charge in [0.05, 0.1) is 19.0 Å². The number of carbonyl (C=O) groups excluding carboxylic acids is 2. The number of likely N-dealkylation sites (N-methyl/N-ethyl adjacent to an activating group) is 1. The molecule has 1 aliphatic rings. The highest BCUT2D eigenvalue weighted by Crippen LogP contribution is 2.21. The number of rotatable bonds is 9. The van der Waals surface area contributed by atoms with Crippen molar-refractivity contribution in [3.63, 3.8) is 0 Å². The second-order valence-electron chi connectivity index (χ2n) is 8.29. The SMILES string of the molecule is CCN(CCn1cccn1)C(=O)CC1C(=O)NCCN1Cc1ccc(-c2ccccc2)cc1. The molecule has 1 N–H and O–H groups in total. The molecule has 0 spiro atoms. The van der Waals surface area contributed by atoms with Gasteiger partial charge in [-0.1, -0.05) is 54.6 Å². The van der Waals surface area contributed by atoms with Gasteiger partial charge in [0.25, 0.3) is 0 Å². The average molecular weight is 446 g/mol. The van der Waals surface area contributed by atoms with E-state index in [0.29, 0.717) is 32.7 Å². The van der Waals surface area contributed by atoms with Crippen LogP contribution in [-0.4, -0.2) is 63.6 Å². The van der Waals surface area contributed by atoms with E-state index in [2.05, 4.69) is 51.7 Å². The molecule has 2 heterocycles. The predicted molar refractivity (Wildman–Crippen MR) is 128 cm³/mol. The molecule has 0 aliphatic carbocycles. The van der Waals surface area contributed by atoms with Crippen molar-refractivity contribution in [2.75, 3.05) is 26.2 Å². The first-order chi connectivity index (χ1) is 16.1. The molecule has 1 atom stereocenters. The number of benzene rings is 2. The van der Waals surface area contributed by atoms with Gasteiger partial charge in [-0.2, -0.15) is 5.10 Å². The molecule has 1 aliphatic heterocycles. The summed E-state index contributed by atoms with van der Waals surface area (Å²) in [5.41, 5.74) is 3.48. The normalized spacial score (nSPS) is 16.4. The van der Waals surface area contributed by atoms with E-state index in [9.17, 15) is 9.59 Å². The molecule has 2 amide bonds. The molecule has 172 valence electrons. The van der Waals surface area contributed by atoms with Crippen LogP contribution in [0.2, 0.25) is 0 Å². The summed E-state index contributed by atoms with van der Waals surface area (Å²) in [7, 11) is 0. The zero-order chi connectivity index (χ0) is 23.0. The second kappa shape index (κ2) is 10.9. The Hall–Kier alpha value is -3.45. The number of piperazine rings is 1. The van der Waals surface area contributed by atoms with E-state index in [0.717, 1.165) is 12.1 Å². The Balaban J connectivity index is 1.39. The standard InChI is InChI=1S/C26H31N5O2/c1-2-29(17-18-31-15-6-13-28-31)25(32)19-24-26(33)27-14-16-30(24)20-21-9-11-23(12-10-21)22-7-4-3-5-8-22/h3-13,15,24H,2,14,16-20H2,1H3,(H,27,33). The summed E-state index contributed by atoms with van der Waals surface area (Å²) < 4.78 is 1.81. The van der Waals surface area contributed by atoms with Crippen LogP contribution in [0.3, 0.4) is 0 Å². The molecule has 7 heteroatoms. The summed E-state index contributed by atoms with van der Waals surface area (Å²) in [4.78, 5) is 29.6. The zero-order valence-electron chi connectivity index (χ0n) is 19.1. The molecule has 4 rings (SSSR count). The van der Waals surface area contributed by atoms with Crippen LogP contribution in [-0.2, 0) is 22.7 Å². The van der Waals surface area contributed by atoms with Gasteiger partial charge in [0.2, 0.25) is 11.8 Å². The monoisotopic (exact) mass is 445 g/mol. The van der Waals surface area contributed by atoms with E-state index in [4.69, 9.17) is 0 Å². The van der Waals surface area contributed by atoms with Crippen molar-refractivity contribution in [3.05, 3.63) is 78.6 Å². The van der Waals surface area contributed by atoms with E-state index in [-0.39, 0.29) is 18.2 Å². The third-order valence-corrected chi connectivity index (χ3v) is 6.15. The van der Waals surface area contributed by atoms with Gasteiger partial charge in [-0.25, -0.2) is 0 Å². The zero-order valence-corrected chi connectivity index (χ0v) is 19.1. The van der Waals surface area contributed by atoms with Gasteiger partial charge < -0.3 is 10.2 Å². The fraction of sp³-hybridized carbons (Fsp3) is 0.346. The maximum absolute atomic E-state index is 13.0. The van der Waals surface area contributed by atoms with Crippen molar-refractivity contribution < 1.29 is 9.59 Å². The van der Waals surface area contributed by atoms with Gasteiger partial charge in [0, 0.05) is 45.1 Å². The van der Waals surface area contributed by atoms with Gasteiger partial charge in [-0.15, -0.1) is 0 Å². The first-order valence-electron chi connectivity index (χ1n) is 11.6. The number of nitrogens with zero attached hydrogens (tertiary/aromatic N) is 4. The molecule has 1 aromatic heterocycles. The van der Waals surface area contributed by atoms with Crippen LogP contribution in [0.15, 0.2) is 73.1 Å². The molecule has 0 radical (unpaired) electrons. The molecule has 7 nitrogen and oxygen atoms in total. The van der Waals surface area contributed by atoms with Crippen molar-refractivity contribution in [2.45, 2.75) is 32.5 Å². The summed E-state index contributed by atoms with van der Waals surface area (Å²) in [6.07, 6.45) is 3.80. The lowest BCUT2D eigenvalue weighted by Gasteiger charge is -2.35. The van der Waals surface area contributed by atoms with Crippen LogP contribution >= 0.6 is 0 Å². The van der Waals surface area contributed by atoms with E-state index >= 15 is 0 Å². The smallest absolute Gasteiger partial charge is 0.237 e. The van der Waals surface area contributed by atoms with Gasteiger partial charge in [-0.05, 0) is 29.7 Å². The minimum absolute atomic E-state index is 0.00358. The number of nitrogens with one attached hydrogen (secondary N) is 1. The summed E-state index contributed by atoms with van der Waals surface area (Å²) in [5, 5.41) is 7.13. The summed E-state index contributed by atoms with van der Waals surface area (Å²) >= 11 is 0. The minimum Gasteiger partial charge on any atom is -0.353 e. The maximum Gasteiger partial charge on any atom is 0.237 e. The molecule has 1 saturated heterocycles. The first kappa shape index (κ1) is 22.7. The Kier molecular flexibility index (Phi) is 7.52. The topological polar surface area (TPSA) is 70.5 Å². The average Bonchev–Trinajstić information content (AvgIpc) is 3.36. The van der Waals surface area contributed by atoms with Crippen LogP contribution in [0.25, 0.3) is 11.1 Å². The second-order valence-corrected chi connectivity index (χ2v) is 8.29. The predicted octanol–water partition coefficient (Wildman–Crippen LogP) is 2.79. The van der Waals surface area contributed by atoms with Gasteiger partial charge in [-0.3, -0.25) is 19.2 Å². The Morgan fingerprint density at radius 2 is 1.85 bits per heavy atom. The number of aromatic nitrogens is 2. The summed E-state index contributed by atoms with van der Waals surface area (Å²) in [6.45, 7) is 5.75. The van der Waals surface area contributed by atoms with E-state index in [1.165, 1.54) is 11.1 Å². The van der Waals surface area contributed by atoms with Crippen LogP contribution in [0, 0.1) is 0 Å². The fourth-order valence-corrected chi connectivity index (χ4v) is 4.25. The molecule has 33 heavy (non-hydrogen) atoms. The van der Waals surface area contributed by atoms with Gasteiger partial charge in [0.15, 0.2) is 0 Å². The van der Waals surface area contributed by atoms with E-state index in [1.807, 2.05) is 42.1 Å². The van der Waals surface area contributed by atoms with E-state index < -0.39 is 6.04 Å². The molecule has 0 bridgehead atoms. The summed E-state index contributed by atoms with van der Waals surface area (Å²) in [6, 6.07) is 20.1. The third-order valence-electron chi connectivity index (χ3n) is 6.15. The third kappa shape index (κ3) is 5.87. The molecular formula is C26H31N5O2. The Morgan fingerprint density at radius 3 is 2.55 bits per heavy atom. The van der Waals surface area contributed by atoms with Gasteiger partial charge in [0.1, 0.15) is 0 Å². The highest BCUT2D eigenvalue weighted by molar-refractivity contribution is 5.88. The first-order valence-corrected chi connectivity index (χ1v) is 11.6. The Morgan fingerprint density at radius 1 is 1.09 bits per heavy atom. The molecule has 1 fully saturated rings. The molecular weight excluding hydrogens is 414 g/mol. The molecule has 2 aromatic carbocycles. The van der Waals surface area contributed by atoms with Crippen molar-refractivity contribution in [2.24, 2.45) is 0 Å². The molecule has 0 saturated carbocycles. The molecule has 1 unspecified atom stereocenters. The van der Waals surface area contributed by atoms with Crippen LogP contribution < -0.4 is 5.32 Å². The van der Waals surface area contributed by atoms with Gasteiger partial charge >= 0.3 is 0 Å². The van der Waals surface area contributed by atoms with Crippen LogP contribution in [0.4, 0.5) is 0 Å². The lowest BCUT2D eigenvalue weighted by Crippen LogP contribution is -2.56. The van der Waals surface area contributed by atoms with Crippen LogP contribution in [0.1, 0.15) is 18.9 Å². The van der Waals surface area contributed by atoms with Crippen molar-refractivity contribution >= 4 is 11.8 Å². The van der Waals surface area contributed by atoms with E-state index in [1.54, 1.807) is 11.1 Å². The number of amides is 2. The number of carbonyl (C=O) groups is 2. The van der Waals surface area contributed by atoms with Crippen molar-refractivity contribution in [1.29, 1.82) is 0 Å². The summed E-state index contributed by atoms with van der Waals surface area (Å²) in [5.74, 6) is -0.0743. The number of hydrogen-bond acceptors (Lipinski definition) is 4. The quantitative estimate of drug-likeness (QED) is 0.550. The lowest BCUT2D eigenvalue weighted by molar-refractivity contribution is -0.139. The lowest BCUT2D eigenvalue weighted by atomic mass is 10.0.